The number of hydrogen-bond donors (Lipinski definition) is 2. The number of hydrogen-bond acceptors (Lipinski definition) is 4. The number of aryl methyl sites for hydroxylation is 1. The van der Waals surface area contributed by atoms with Crippen LogP contribution in [-0.2, 0) is 11.3 Å². The number of aromatic nitrogens is 2. The molecule has 1 rings (SSSR count). The lowest BCUT2D eigenvalue weighted by molar-refractivity contribution is -0.137. The van der Waals surface area contributed by atoms with Crippen LogP contribution in [0.3, 0.4) is 0 Å². The van der Waals surface area contributed by atoms with E-state index in [1.165, 1.54) is 11.8 Å². The van der Waals surface area contributed by atoms with Crippen LogP contribution in [0.2, 0.25) is 0 Å². The Morgan fingerprint density at radius 1 is 1.71 bits per heavy atom. The highest BCUT2D eigenvalue weighted by Crippen LogP contribution is 2.03. The minimum atomic E-state index is -0.944. The molecular weight excluding hydrogens is 202 g/mol. The first-order valence-corrected chi connectivity index (χ1v) is 5.37. The molecule has 1 atom stereocenters. The summed E-state index contributed by atoms with van der Waals surface area (Å²) < 4.78 is 1.94. The van der Waals surface area contributed by atoms with Crippen LogP contribution < -0.4 is 5.73 Å². The Hall–Kier alpha value is -1.01. The van der Waals surface area contributed by atoms with Crippen LogP contribution in [0.15, 0.2) is 18.7 Å². The van der Waals surface area contributed by atoms with Gasteiger partial charge in [0.25, 0.3) is 0 Å². The number of thioether (sulfide) groups is 1. The molecule has 0 saturated carbocycles. The molecule has 0 amide bonds. The maximum absolute atomic E-state index is 10.4. The van der Waals surface area contributed by atoms with Gasteiger partial charge in [-0.25, -0.2) is 4.98 Å². The molecule has 0 unspecified atom stereocenters. The monoisotopic (exact) mass is 215 g/mol. The highest BCUT2D eigenvalue weighted by molar-refractivity contribution is 7.99. The zero-order valence-electron chi connectivity index (χ0n) is 7.67. The molecule has 0 aliphatic carbocycles. The summed E-state index contributed by atoms with van der Waals surface area (Å²) in [7, 11) is 0. The second kappa shape index (κ2) is 5.66. The maximum atomic E-state index is 10.4. The van der Waals surface area contributed by atoms with Crippen LogP contribution in [0.1, 0.15) is 0 Å². The van der Waals surface area contributed by atoms with E-state index < -0.39 is 12.0 Å². The smallest absolute Gasteiger partial charge is 0.321 e. The quantitative estimate of drug-likeness (QED) is 0.654. The van der Waals surface area contributed by atoms with Crippen molar-refractivity contribution in [3.63, 3.8) is 0 Å². The summed E-state index contributed by atoms with van der Waals surface area (Å²) in [6.07, 6.45) is 5.32. The second-order valence-electron chi connectivity index (χ2n) is 2.82. The number of carboxylic acids is 1. The summed E-state index contributed by atoms with van der Waals surface area (Å²) in [5, 5.41) is 8.51. The van der Waals surface area contributed by atoms with Crippen molar-refractivity contribution in [2.75, 3.05) is 11.5 Å². The molecule has 0 saturated heterocycles. The van der Waals surface area contributed by atoms with Gasteiger partial charge in [-0.15, -0.1) is 0 Å². The zero-order chi connectivity index (χ0) is 10.4. The fourth-order valence-electron chi connectivity index (χ4n) is 0.871. The third-order valence-corrected chi connectivity index (χ3v) is 2.73. The molecule has 1 heterocycles. The highest BCUT2D eigenvalue weighted by Gasteiger charge is 2.10. The van der Waals surface area contributed by atoms with Gasteiger partial charge >= 0.3 is 5.97 Å². The number of carboxylic acid groups (broad SMARTS) is 1. The van der Waals surface area contributed by atoms with Gasteiger partial charge in [-0.1, -0.05) is 0 Å². The molecule has 5 nitrogen and oxygen atoms in total. The van der Waals surface area contributed by atoms with Gasteiger partial charge in [0.1, 0.15) is 6.04 Å². The fourth-order valence-corrected chi connectivity index (χ4v) is 1.77. The molecule has 0 aliphatic heterocycles. The Morgan fingerprint density at radius 2 is 2.50 bits per heavy atom. The van der Waals surface area contributed by atoms with Gasteiger partial charge in [0.15, 0.2) is 0 Å². The first-order valence-electron chi connectivity index (χ1n) is 4.22. The van der Waals surface area contributed by atoms with Crippen LogP contribution in [0.4, 0.5) is 0 Å². The molecule has 0 fully saturated rings. The van der Waals surface area contributed by atoms with Crippen molar-refractivity contribution in [3.05, 3.63) is 18.7 Å². The van der Waals surface area contributed by atoms with E-state index in [1.807, 2.05) is 10.8 Å². The number of carbonyl (C=O) groups is 1. The standard InChI is InChI=1S/C8H13N3O2S/c9-7(8(12)13)5-14-4-3-11-2-1-10-6-11/h1-2,6-7H,3-5,9H2,(H,12,13)/t7-/m0/s1. The lowest BCUT2D eigenvalue weighted by atomic mass is 10.4. The molecule has 0 aromatic carbocycles. The van der Waals surface area contributed by atoms with Crippen LogP contribution in [0.5, 0.6) is 0 Å². The van der Waals surface area contributed by atoms with Gasteiger partial charge in [-0.3, -0.25) is 4.79 Å². The molecular formula is C8H13N3O2S. The Morgan fingerprint density at radius 3 is 3.07 bits per heavy atom. The molecule has 0 bridgehead atoms. The van der Waals surface area contributed by atoms with E-state index in [2.05, 4.69) is 4.98 Å². The zero-order valence-corrected chi connectivity index (χ0v) is 8.48. The van der Waals surface area contributed by atoms with Crippen LogP contribution in [0.25, 0.3) is 0 Å². The summed E-state index contributed by atoms with van der Waals surface area (Å²) in [5.74, 6) is 0.349. The lowest BCUT2D eigenvalue weighted by Crippen LogP contribution is -2.32. The number of aliphatic carboxylic acids is 1. The molecule has 3 N–H and O–H groups in total. The molecule has 1 aromatic heterocycles. The highest BCUT2D eigenvalue weighted by atomic mass is 32.2. The van der Waals surface area contributed by atoms with E-state index in [4.69, 9.17) is 10.8 Å². The van der Waals surface area contributed by atoms with Crippen molar-refractivity contribution >= 4 is 17.7 Å². The first kappa shape index (κ1) is 11.1. The molecule has 1 aromatic rings. The minimum Gasteiger partial charge on any atom is -0.480 e. The Kier molecular flexibility index (Phi) is 4.48. The predicted octanol–water partition coefficient (Wildman–Crippen LogP) is 0.0282. The average Bonchev–Trinajstić information content (AvgIpc) is 2.64. The normalized spacial score (nSPS) is 12.6. The van der Waals surface area contributed by atoms with E-state index >= 15 is 0 Å². The van der Waals surface area contributed by atoms with Gasteiger partial charge in [0.05, 0.1) is 6.33 Å². The van der Waals surface area contributed by atoms with Crippen LogP contribution in [0, 0.1) is 0 Å². The van der Waals surface area contributed by atoms with Crippen LogP contribution in [-0.4, -0.2) is 38.2 Å². The van der Waals surface area contributed by atoms with Gasteiger partial charge in [0.2, 0.25) is 0 Å². The Bertz CT molecular complexity index is 276. The summed E-state index contributed by atoms with van der Waals surface area (Å²) in [6, 6.07) is -0.761. The first-order chi connectivity index (χ1) is 6.70. The summed E-state index contributed by atoms with van der Waals surface area (Å²) >= 11 is 1.53. The maximum Gasteiger partial charge on any atom is 0.321 e. The van der Waals surface area contributed by atoms with Gasteiger partial charge in [-0.2, -0.15) is 11.8 Å². The number of rotatable bonds is 6. The third kappa shape index (κ3) is 3.80. The van der Waals surface area contributed by atoms with E-state index in [-0.39, 0.29) is 0 Å². The summed E-state index contributed by atoms with van der Waals surface area (Å²) in [5.41, 5.74) is 5.34. The topological polar surface area (TPSA) is 81.1 Å². The van der Waals surface area contributed by atoms with E-state index in [0.29, 0.717) is 5.75 Å². The summed E-state index contributed by atoms with van der Waals surface area (Å²) in [4.78, 5) is 14.3. The third-order valence-electron chi connectivity index (χ3n) is 1.67. The van der Waals surface area contributed by atoms with Crippen molar-refractivity contribution in [1.29, 1.82) is 0 Å². The van der Waals surface area contributed by atoms with Crippen molar-refractivity contribution in [3.8, 4) is 0 Å². The van der Waals surface area contributed by atoms with Gasteiger partial charge in [-0.05, 0) is 0 Å². The Labute approximate surface area is 86.3 Å². The molecule has 6 heteroatoms. The van der Waals surface area contributed by atoms with Crippen molar-refractivity contribution in [1.82, 2.24) is 9.55 Å². The SMILES string of the molecule is N[C@@H](CSCCn1ccnc1)C(=O)O. The Balaban J connectivity index is 2.08. The molecule has 0 radical (unpaired) electrons. The average molecular weight is 215 g/mol. The fraction of sp³-hybridized carbons (Fsp3) is 0.500. The number of imidazole rings is 1. The number of nitrogens with zero attached hydrogens (tertiary/aromatic N) is 2. The second-order valence-corrected chi connectivity index (χ2v) is 3.97. The van der Waals surface area contributed by atoms with E-state index in [0.717, 1.165) is 12.3 Å². The van der Waals surface area contributed by atoms with Gasteiger partial charge in [0, 0.05) is 30.4 Å². The predicted molar refractivity (Wildman–Crippen MR) is 55.2 cm³/mol. The number of nitrogens with two attached hydrogens (primary N) is 1. The molecule has 78 valence electrons. The van der Waals surface area contributed by atoms with E-state index in [9.17, 15) is 4.79 Å². The largest absolute Gasteiger partial charge is 0.480 e. The summed E-state index contributed by atoms with van der Waals surface area (Å²) in [6.45, 7) is 0.830. The van der Waals surface area contributed by atoms with Crippen molar-refractivity contribution < 1.29 is 9.90 Å². The molecule has 0 aliphatic rings. The van der Waals surface area contributed by atoms with Gasteiger partial charge < -0.3 is 15.4 Å². The lowest BCUT2D eigenvalue weighted by Gasteiger charge is -2.05. The molecule has 0 spiro atoms. The minimum absolute atomic E-state index is 0.448. The van der Waals surface area contributed by atoms with Crippen LogP contribution >= 0.6 is 11.8 Å². The van der Waals surface area contributed by atoms with Crippen molar-refractivity contribution in [2.45, 2.75) is 12.6 Å². The van der Waals surface area contributed by atoms with E-state index in [1.54, 1.807) is 12.5 Å². The molecule has 14 heavy (non-hydrogen) atoms. The van der Waals surface area contributed by atoms with Crippen molar-refractivity contribution in [2.24, 2.45) is 5.73 Å².